The van der Waals surface area contributed by atoms with Crippen molar-refractivity contribution in [3.63, 3.8) is 0 Å². The van der Waals surface area contributed by atoms with E-state index in [9.17, 15) is 19.7 Å². The molecule has 0 amide bonds. The number of fused-ring (bicyclic) bond motifs is 2. The Morgan fingerprint density at radius 2 is 1.65 bits per heavy atom. The van der Waals surface area contributed by atoms with Crippen molar-refractivity contribution in [1.82, 2.24) is 0 Å². The second kappa shape index (κ2) is 11.4. The van der Waals surface area contributed by atoms with Gasteiger partial charge in [0.1, 0.15) is 23.7 Å². The lowest BCUT2D eigenvalue weighted by molar-refractivity contribution is -0.385. The molecule has 0 aromatic heterocycles. The van der Waals surface area contributed by atoms with E-state index in [2.05, 4.69) is 0 Å². The van der Waals surface area contributed by atoms with Crippen molar-refractivity contribution in [3.05, 3.63) is 57.6 Å². The zero-order chi connectivity index (χ0) is 24.7. The average molecular weight is 472 g/mol. The number of hydrogen-bond donors (Lipinski definition) is 2. The smallest absolute Gasteiger partial charge is 0.309 e. The largest absolute Gasteiger partial charge is 0.490 e. The molecule has 10 heteroatoms. The van der Waals surface area contributed by atoms with Crippen molar-refractivity contribution < 1.29 is 33.8 Å². The first-order valence-corrected chi connectivity index (χ1v) is 11.1. The van der Waals surface area contributed by atoms with Crippen LogP contribution in [-0.2, 0) is 27.2 Å². The molecule has 182 valence electrons. The van der Waals surface area contributed by atoms with E-state index < -0.39 is 10.9 Å². The molecule has 0 fully saturated rings. The lowest BCUT2D eigenvalue weighted by Crippen LogP contribution is -2.26. The number of benzene rings is 2. The Kier molecular flexibility index (Phi) is 8.29. The molecule has 34 heavy (non-hydrogen) atoms. The van der Waals surface area contributed by atoms with Crippen molar-refractivity contribution in [2.24, 2.45) is 0 Å². The molecule has 0 unspecified atom stereocenters. The molecule has 0 radical (unpaired) electrons. The minimum atomic E-state index is -0.820. The van der Waals surface area contributed by atoms with E-state index >= 15 is 0 Å². The Balaban J connectivity index is 0.000000196. The van der Waals surface area contributed by atoms with Gasteiger partial charge in [0, 0.05) is 23.4 Å². The summed E-state index contributed by atoms with van der Waals surface area (Å²) in [6, 6.07) is 9.97. The van der Waals surface area contributed by atoms with Gasteiger partial charge in [-0.15, -0.1) is 0 Å². The van der Waals surface area contributed by atoms with Gasteiger partial charge >= 0.3 is 11.9 Å². The maximum atomic E-state index is 11.4. The summed E-state index contributed by atoms with van der Waals surface area (Å²) < 4.78 is 16.1. The zero-order valence-electron chi connectivity index (χ0n) is 18.9. The van der Waals surface area contributed by atoms with Gasteiger partial charge in [-0.3, -0.25) is 19.7 Å². The highest BCUT2D eigenvalue weighted by Gasteiger charge is 2.24. The van der Waals surface area contributed by atoms with Gasteiger partial charge in [-0.1, -0.05) is 0 Å². The maximum Gasteiger partial charge on any atom is 0.309 e. The first kappa shape index (κ1) is 24.8. The van der Waals surface area contributed by atoms with Crippen molar-refractivity contribution in [2.45, 2.75) is 57.7 Å². The van der Waals surface area contributed by atoms with E-state index in [-0.39, 0.29) is 36.7 Å². The fourth-order valence-electron chi connectivity index (χ4n) is 3.90. The molecule has 0 saturated heterocycles. The van der Waals surface area contributed by atoms with E-state index in [4.69, 9.17) is 25.1 Å². The number of carbonyl (C=O) groups is 2. The van der Waals surface area contributed by atoms with Crippen LogP contribution in [0.4, 0.5) is 11.4 Å². The summed E-state index contributed by atoms with van der Waals surface area (Å²) in [5, 5.41) is 19.3. The Morgan fingerprint density at radius 3 is 2.24 bits per heavy atom. The predicted octanol–water partition coefficient (Wildman–Crippen LogP) is 3.68. The van der Waals surface area contributed by atoms with E-state index in [1.165, 1.54) is 12.1 Å². The monoisotopic (exact) mass is 472 g/mol. The number of non-ortho nitro benzene ring substituents is 1. The van der Waals surface area contributed by atoms with Gasteiger partial charge < -0.3 is 25.1 Å². The molecular weight excluding hydrogens is 444 g/mol. The number of aliphatic carboxylic acids is 1. The van der Waals surface area contributed by atoms with Crippen molar-refractivity contribution in [2.75, 3.05) is 12.3 Å². The SMILES string of the molecule is CCOC(=O)C[C@@H]1CCc2cc([N+](=O)[O-])ccc2O1.Nc1ccc2c(c1)CC[C@@H](CC(=O)O)O2. The van der Waals surface area contributed by atoms with Crippen molar-refractivity contribution in [3.8, 4) is 11.5 Å². The molecule has 2 aromatic rings. The molecule has 0 bridgehead atoms. The molecular formula is C24H28N2O8. The molecule has 0 aliphatic carbocycles. The third-order valence-corrected chi connectivity index (χ3v) is 5.50. The zero-order valence-corrected chi connectivity index (χ0v) is 18.9. The van der Waals surface area contributed by atoms with Crippen molar-refractivity contribution in [1.29, 1.82) is 0 Å². The topological polar surface area (TPSA) is 151 Å². The third-order valence-electron chi connectivity index (χ3n) is 5.50. The first-order chi connectivity index (χ1) is 16.2. The van der Waals surface area contributed by atoms with Crippen LogP contribution >= 0.6 is 0 Å². The quantitative estimate of drug-likeness (QED) is 0.277. The minimum absolute atomic E-state index is 0.0593. The maximum absolute atomic E-state index is 11.4. The minimum Gasteiger partial charge on any atom is -0.490 e. The highest BCUT2D eigenvalue weighted by Crippen LogP contribution is 2.32. The number of carboxylic acid groups (broad SMARTS) is 1. The second-order valence-electron chi connectivity index (χ2n) is 8.08. The van der Waals surface area contributed by atoms with Gasteiger partial charge in [0.05, 0.1) is 24.4 Å². The molecule has 0 saturated carbocycles. The number of ether oxygens (including phenoxy) is 3. The number of carboxylic acids is 1. The molecule has 3 N–H and O–H groups in total. The number of anilines is 1. The summed E-state index contributed by atoms with van der Waals surface area (Å²) in [4.78, 5) is 32.2. The van der Waals surface area contributed by atoms with E-state index in [0.29, 0.717) is 30.9 Å². The number of nitro groups is 1. The molecule has 2 atom stereocenters. The Labute approximate surface area is 196 Å². The van der Waals surface area contributed by atoms with E-state index in [0.717, 1.165) is 29.7 Å². The summed E-state index contributed by atoms with van der Waals surface area (Å²) in [5.41, 5.74) is 8.31. The van der Waals surface area contributed by atoms with Gasteiger partial charge in [0.2, 0.25) is 0 Å². The van der Waals surface area contributed by atoms with Crippen LogP contribution in [0.15, 0.2) is 36.4 Å². The van der Waals surface area contributed by atoms with Crippen molar-refractivity contribution >= 4 is 23.3 Å². The van der Waals surface area contributed by atoms with Crippen LogP contribution in [0.1, 0.15) is 43.7 Å². The fourth-order valence-corrected chi connectivity index (χ4v) is 3.90. The van der Waals surface area contributed by atoms with Gasteiger partial charge in [-0.2, -0.15) is 0 Å². The average Bonchev–Trinajstić information content (AvgIpc) is 2.79. The van der Waals surface area contributed by atoms with Crippen LogP contribution in [0.25, 0.3) is 0 Å². The number of nitrogens with two attached hydrogens (primary N) is 1. The van der Waals surface area contributed by atoms with Crippen LogP contribution in [0.2, 0.25) is 0 Å². The van der Waals surface area contributed by atoms with Gasteiger partial charge in [-0.05, 0) is 62.4 Å². The molecule has 2 aliphatic heterocycles. The number of aryl methyl sites for hydroxylation is 2. The predicted molar refractivity (Wildman–Crippen MR) is 123 cm³/mol. The molecule has 0 spiro atoms. The highest BCUT2D eigenvalue weighted by molar-refractivity contribution is 5.70. The van der Waals surface area contributed by atoms with Crippen LogP contribution in [0.3, 0.4) is 0 Å². The first-order valence-electron chi connectivity index (χ1n) is 11.1. The molecule has 10 nitrogen and oxygen atoms in total. The second-order valence-corrected chi connectivity index (χ2v) is 8.08. The van der Waals surface area contributed by atoms with Gasteiger partial charge in [0.15, 0.2) is 0 Å². The number of hydrogen-bond acceptors (Lipinski definition) is 8. The van der Waals surface area contributed by atoms with E-state index in [1.807, 2.05) is 6.07 Å². The highest BCUT2D eigenvalue weighted by atomic mass is 16.6. The number of nitrogens with zero attached hydrogens (tertiary/aromatic N) is 1. The summed E-state index contributed by atoms with van der Waals surface area (Å²) in [5.74, 6) is 0.282. The van der Waals surface area contributed by atoms with E-state index in [1.54, 1.807) is 25.1 Å². The van der Waals surface area contributed by atoms with Crippen LogP contribution in [0.5, 0.6) is 11.5 Å². The number of esters is 1. The van der Waals surface area contributed by atoms with Crippen LogP contribution in [-0.4, -0.2) is 40.8 Å². The number of rotatable bonds is 6. The Bertz CT molecular complexity index is 1060. The molecule has 2 aliphatic rings. The normalized spacial score (nSPS) is 18.0. The molecule has 2 heterocycles. The summed E-state index contributed by atoms with van der Waals surface area (Å²) in [7, 11) is 0. The van der Waals surface area contributed by atoms with Gasteiger partial charge in [0.25, 0.3) is 5.69 Å². The lowest BCUT2D eigenvalue weighted by atomic mass is 10.00. The molecule has 2 aromatic carbocycles. The summed E-state index contributed by atoms with van der Waals surface area (Å²) >= 11 is 0. The third kappa shape index (κ3) is 6.84. The molecule has 4 rings (SSSR count). The Morgan fingerprint density at radius 1 is 1.06 bits per heavy atom. The Hall–Kier alpha value is -3.82. The van der Waals surface area contributed by atoms with Gasteiger partial charge in [-0.25, -0.2) is 0 Å². The number of nitrogen functional groups attached to an aromatic ring is 1. The van der Waals surface area contributed by atoms with Crippen LogP contribution in [0, 0.1) is 10.1 Å². The summed E-state index contributed by atoms with van der Waals surface area (Å²) in [6.07, 6.45) is 2.75. The fraction of sp³-hybridized carbons (Fsp3) is 0.417. The summed E-state index contributed by atoms with van der Waals surface area (Å²) in [6.45, 7) is 2.11. The number of carbonyl (C=O) groups excluding carboxylic acids is 1. The lowest BCUT2D eigenvalue weighted by Gasteiger charge is -2.25. The number of nitro benzene ring substituents is 1. The van der Waals surface area contributed by atoms with Crippen LogP contribution < -0.4 is 15.2 Å². The standard InChI is InChI=1S/C13H15NO5.C11H13NO3/c1-2-18-13(15)8-11-5-3-9-7-10(14(16)17)4-6-12(9)19-11;12-8-2-4-10-7(5-8)1-3-9(15-10)6-11(13)14/h4,6-7,11H,2-3,5,8H2,1H3;2,4-5,9H,1,3,6,12H2,(H,13,14)/t11-;9-/m00/s1.